The first kappa shape index (κ1) is 16.5. The van der Waals surface area contributed by atoms with Crippen LogP contribution in [-0.2, 0) is 4.79 Å². The van der Waals surface area contributed by atoms with Crippen LogP contribution in [-0.4, -0.2) is 30.1 Å². The third kappa shape index (κ3) is 5.14. The number of aromatic nitrogens is 1. The van der Waals surface area contributed by atoms with Crippen molar-refractivity contribution in [1.29, 1.82) is 0 Å². The number of carbonyl (C=O) groups excluding carboxylic acids is 2. The molecule has 0 unspecified atom stereocenters. The molecule has 0 saturated heterocycles. The van der Waals surface area contributed by atoms with Crippen LogP contribution >= 0.6 is 0 Å². The van der Waals surface area contributed by atoms with Crippen LogP contribution in [0, 0.1) is 6.92 Å². The lowest BCUT2D eigenvalue weighted by atomic mass is 10.2. The van der Waals surface area contributed by atoms with Crippen molar-refractivity contribution in [3.8, 4) is 5.88 Å². The van der Waals surface area contributed by atoms with Crippen molar-refractivity contribution < 1.29 is 18.8 Å². The smallest absolute Gasteiger partial charge is 0.262 e. The Kier molecular flexibility index (Phi) is 5.74. The van der Waals surface area contributed by atoms with E-state index in [0.717, 1.165) is 6.42 Å². The molecule has 0 aliphatic heterocycles. The van der Waals surface area contributed by atoms with E-state index in [2.05, 4.69) is 15.8 Å². The molecule has 122 valence electrons. The van der Waals surface area contributed by atoms with Crippen molar-refractivity contribution in [1.82, 2.24) is 10.5 Å². The Morgan fingerprint density at radius 3 is 2.61 bits per heavy atom. The van der Waals surface area contributed by atoms with Crippen LogP contribution in [0.5, 0.6) is 5.88 Å². The molecule has 2 rings (SSSR count). The highest BCUT2D eigenvalue weighted by atomic mass is 16.5. The summed E-state index contributed by atoms with van der Waals surface area (Å²) in [5, 5.41) is 9.09. The van der Waals surface area contributed by atoms with E-state index >= 15 is 0 Å². The molecule has 1 aromatic heterocycles. The maximum Gasteiger partial charge on any atom is 0.262 e. The second-order valence-corrected chi connectivity index (χ2v) is 4.95. The number of amides is 2. The minimum absolute atomic E-state index is 0.130. The fourth-order valence-corrected chi connectivity index (χ4v) is 1.79. The minimum Gasteiger partial charge on any atom is -0.465 e. The molecule has 0 atom stereocenters. The summed E-state index contributed by atoms with van der Waals surface area (Å²) in [5.74, 6) is 0.418. The van der Waals surface area contributed by atoms with E-state index in [1.54, 1.807) is 37.3 Å². The predicted octanol–water partition coefficient (Wildman–Crippen LogP) is 2.14. The number of carbonyl (C=O) groups is 2. The number of rotatable bonds is 7. The molecule has 0 spiro atoms. The summed E-state index contributed by atoms with van der Waals surface area (Å²) in [7, 11) is 0. The topological polar surface area (TPSA) is 93.5 Å². The van der Waals surface area contributed by atoms with Crippen molar-refractivity contribution in [2.45, 2.75) is 20.3 Å². The minimum atomic E-state index is -0.325. The largest absolute Gasteiger partial charge is 0.465 e. The SMILES string of the molecule is CCCNC(=O)c1ccc(NC(=O)COc2cc(C)on2)cc1. The number of hydrogen-bond acceptors (Lipinski definition) is 5. The van der Waals surface area contributed by atoms with Crippen LogP contribution in [0.4, 0.5) is 5.69 Å². The van der Waals surface area contributed by atoms with E-state index in [-0.39, 0.29) is 24.3 Å². The lowest BCUT2D eigenvalue weighted by Crippen LogP contribution is -2.24. The molecule has 7 nitrogen and oxygen atoms in total. The maximum absolute atomic E-state index is 11.8. The molecule has 0 fully saturated rings. The molecule has 1 heterocycles. The second-order valence-electron chi connectivity index (χ2n) is 4.95. The van der Waals surface area contributed by atoms with Gasteiger partial charge >= 0.3 is 0 Å². The van der Waals surface area contributed by atoms with Crippen molar-refractivity contribution in [2.24, 2.45) is 0 Å². The number of aryl methyl sites for hydroxylation is 1. The zero-order valence-corrected chi connectivity index (χ0v) is 13.1. The van der Waals surface area contributed by atoms with Gasteiger partial charge < -0.3 is 19.9 Å². The van der Waals surface area contributed by atoms with Crippen molar-refractivity contribution in [2.75, 3.05) is 18.5 Å². The van der Waals surface area contributed by atoms with Crippen molar-refractivity contribution in [3.63, 3.8) is 0 Å². The van der Waals surface area contributed by atoms with Gasteiger partial charge in [-0.25, -0.2) is 0 Å². The Hall–Kier alpha value is -2.83. The number of anilines is 1. The molecule has 0 radical (unpaired) electrons. The second kappa shape index (κ2) is 7.98. The number of hydrogen-bond donors (Lipinski definition) is 2. The Balaban J connectivity index is 1.82. The summed E-state index contributed by atoms with van der Waals surface area (Å²) in [6, 6.07) is 8.24. The zero-order chi connectivity index (χ0) is 16.7. The molecule has 0 aliphatic carbocycles. The van der Waals surface area contributed by atoms with Crippen LogP contribution < -0.4 is 15.4 Å². The molecule has 0 aliphatic rings. The summed E-state index contributed by atoms with van der Waals surface area (Å²) in [6.07, 6.45) is 0.880. The Morgan fingerprint density at radius 2 is 2.00 bits per heavy atom. The highest BCUT2D eigenvalue weighted by molar-refractivity contribution is 5.96. The van der Waals surface area contributed by atoms with Crippen LogP contribution in [0.15, 0.2) is 34.9 Å². The highest BCUT2D eigenvalue weighted by Gasteiger charge is 2.08. The van der Waals surface area contributed by atoms with Crippen LogP contribution in [0.3, 0.4) is 0 Å². The molecular formula is C16H19N3O4. The van der Waals surface area contributed by atoms with Crippen LogP contribution in [0.2, 0.25) is 0 Å². The maximum atomic E-state index is 11.8. The van der Waals surface area contributed by atoms with Gasteiger partial charge in [0.1, 0.15) is 5.76 Å². The Bertz CT molecular complexity index is 664. The number of benzene rings is 1. The molecule has 23 heavy (non-hydrogen) atoms. The number of ether oxygens (including phenoxy) is 1. The molecule has 1 aromatic carbocycles. The Morgan fingerprint density at radius 1 is 1.26 bits per heavy atom. The summed E-state index contributed by atoms with van der Waals surface area (Å²) in [5.41, 5.74) is 1.13. The molecular weight excluding hydrogens is 298 g/mol. The first-order chi connectivity index (χ1) is 11.1. The number of nitrogens with zero attached hydrogens (tertiary/aromatic N) is 1. The van der Waals surface area contributed by atoms with Gasteiger partial charge in [0.2, 0.25) is 0 Å². The average Bonchev–Trinajstić information content (AvgIpc) is 2.97. The van der Waals surface area contributed by atoms with Gasteiger partial charge in [-0.3, -0.25) is 9.59 Å². The zero-order valence-electron chi connectivity index (χ0n) is 13.1. The molecule has 2 N–H and O–H groups in total. The third-order valence-electron chi connectivity index (χ3n) is 2.92. The van der Waals surface area contributed by atoms with E-state index in [4.69, 9.17) is 9.26 Å². The Labute approximate surface area is 134 Å². The normalized spacial score (nSPS) is 10.2. The van der Waals surface area contributed by atoms with Gasteiger partial charge in [0, 0.05) is 23.9 Å². The standard InChI is InChI=1S/C16H19N3O4/c1-3-8-17-16(21)12-4-6-13(7-5-12)18-14(20)10-22-15-9-11(2)23-19-15/h4-7,9H,3,8,10H2,1-2H3,(H,17,21)(H,18,20). The van der Waals surface area contributed by atoms with Gasteiger partial charge in [-0.1, -0.05) is 6.92 Å². The van der Waals surface area contributed by atoms with Gasteiger partial charge in [0.05, 0.1) is 0 Å². The van der Waals surface area contributed by atoms with E-state index in [1.807, 2.05) is 6.92 Å². The number of nitrogens with one attached hydrogen (secondary N) is 2. The summed E-state index contributed by atoms with van der Waals surface area (Å²) in [4.78, 5) is 23.5. The molecule has 0 saturated carbocycles. The molecule has 0 bridgehead atoms. The van der Waals surface area contributed by atoms with Gasteiger partial charge in [-0.2, -0.15) is 0 Å². The van der Waals surface area contributed by atoms with Crippen LogP contribution in [0.1, 0.15) is 29.5 Å². The summed E-state index contributed by atoms with van der Waals surface area (Å²) >= 11 is 0. The van der Waals surface area contributed by atoms with E-state index in [9.17, 15) is 9.59 Å². The third-order valence-corrected chi connectivity index (χ3v) is 2.92. The monoisotopic (exact) mass is 317 g/mol. The van der Waals surface area contributed by atoms with Gasteiger partial charge in [-0.15, -0.1) is 0 Å². The van der Waals surface area contributed by atoms with Crippen molar-refractivity contribution >= 4 is 17.5 Å². The summed E-state index contributed by atoms with van der Waals surface area (Å²) < 4.78 is 10.0. The fraction of sp³-hybridized carbons (Fsp3) is 0.312. The van der Waals surface area contributed by atoms with Crippen molar-refractivity contribution in [3.05, 3.63) is 41.7 Å². The lowest BCUT2D eigenvalue weighted by Gasteiger charge is -2.07. The van der Waals surface area contributed by atoms with E-state index in [0.29, 0.717) is 23.6 Å². The average molecular weight is 317 g/mol. The first-order valence-electron chi connectivity index (χ1n) is 7.32. The lowest BCUT2D eigenvalue weighted by molar-refractivity contribution is -0.118. The molecule has 2 amide bonds. The predicted molar refractivity (Wildman–Crippen MR) is 84.4 cm³/mol. The quantitative estimate of drug-likeness (QED) is 0.816. The fourth-order valence-electron chi connectivity index (χ4n) is 1.79. The van der Waals surface area contributed by atoms with Gasteiger partial charge in [0.25, 0.3) is 17.7 Å². The summed E-state index contributed by atoms with van der Waals surface area (Å²) in [6.45, 7) is 4.18. The molecule has 2 aromatic rings. The van der Waals surface area contributed by atoms with E-state index in [1.165, 1.54) is 0 Å². The van der Waals surface area contributed by atoms with Crippen LogP contribution in [0.25, 0.3) is 0 Å². The first-order valence-corrected chi connectivity index (χ1v) is 7.32. The molecule has 7 heteroatoms. The van der Waals surface area contributed by atoms with Gasteiger partial charge in [0.15, 0.2) is 6.61 Å². The van der Waals surface area contributed by atoms with Gasteiger partial charge in [-0.05, 0) is 42.8 Å². The van der Waals surface area contributed by atoms with E-state index < -0.39 is 0 Å². The highest BCUT2D eigenvalue weighted by Crippen LogP contribution is 2.11.